The van der Waals surface area contributed by atoms with E-state index in [-0.39, 0.29) is 25.0 Å². The molecule has 0 aliphatic heterocycles. The first-order valence-corrected chi connectivity index (χ1v) is 6.92. The fraction of sp³-hybridized carbons (Fsp3) is 0.176. The molecule has 0 bridgehead atoms. The Bertz CT molecular complexity index is 727. The van der Waals surface area contributed by atoms with Gasteiger partial charge in [-0.05, 0) is 18.2 Å². The summed E-state index contributed by atoms with van der Waals surface area (Å²) in [6.45, 7) is 1.85. The standard InChI is InChI=1S/C17H16N2O4/c1-13(20)19-15-5-4-6-16(11-15)23-9-3-2-8-18-17(21)14-7-10-22-12-14/h4-7,10-12H,8-9H2,1H3,(H,18,21)(H,19,20). The van der Waals surface area contributed by atoms with Crippen molar-refractivity contribution in [3.8, 4) is 17.6 Å². The highest BCUT2D eigenvalue weighted by atomic mass is 16.5. The second kappa shape index (κ2) is 8.29. The first kappa shape index (κ1) is 16.2. The van der Waals surface area contributed by atoms with Gasteiger partial charge in [-0.1, -0.05) is 17.9 Å². The maximum Gasteiger partial charge on any atom is 0.255 e. The third-order valence-corrected chi connectivity index (χ3v) is 2.71. The molecule has 118 valence electrons. The number of anilines is 1. The van der Waals surface area contributed by atoms with E-state index in [1.807, 2.05) is 0 Å². The van der Waals surface area contributed by atoms with Crippen molar-refractivity contribution in [2.75, 3.05) is 18.5 Å². The van der Waals surface area contributed by atoms with Crippen LogP contribution in [0.25, 0.3) is 0 Å². The van der Waals surface area contributed by atoms with E-state index in [1.54, 1.807) is 30.3 Å². The molecule has 1 aromatic heterocycles. The summed E-state index contributed by atoms with van der Waals surface area (Å²) in [4.78, 5) is 22.6. The number of hydrogen-bond donors (Lipinski definition) is 2. The van der Waals surface area contributed by atoms with Gasteiger partial charge in [0.25, 0.3) is 5.91 Å². The molecule has 6 nitrogen and oxygen atoms in total. The summed E-state index contributed by atoms with van der Waals surface area (Å²) in [7, 11) is 0. The summed E-state index contributed by atoms with van der Waals surface area (Å²) >= 11 is 0. The third kappa shape index (κ3) is 5.59. The molecule has 0 aliphatic rings. The van der Waals surface area contributed by atoms with Crippen LogP contribution < -0.4 is 15.4 Å². The van der Waals surface area contributed by atoms with Crippen LogP contribution >= 0.6 is 0 Å². The average molecular weight is 312 g/mol. The van der Waals surface area contributed by atoms with Crippen molar-refractivity contribution in [1.82, 2.24) is 5.32 Å². The van der Waals surface area contributed by atoms with Gasteiger partial charge in [0.2, 0.25) is 5.91 Å². The van der Waals surface area contributed by atoms with Gasteiger partial charge in [0, 0.05) is 18.7 Å². The van der Waals surface area contributed by atoms with Crippen LogP contribution in [-0.4, -0.2) is 25.0 Å². The van der Waals surface area contributed by atoms with E-state index >= 15 is 0 Å². The van der Waals surface area contributed by atoms with Gasteiger partial charge in [-0.15, -0.1) is 0 Å². The van der Waals surface area contributed by atoms with Crippen LogP contribution in [0.2, 0.25) is 0 Å². The largest absolute Gasteiger partial charge is 0.481 e. The van der Waals surface area contributed by atoms with Crippen molar-refractivity contribution in [3.63, 3.8) is 0 Å². The fourth-order valence-electron chi connectivity index (χ4n) is 1.72. The Morgan fingerprint density at radius 3 is 2.87 bits per heavy atom. The predicted octanol–water partition coefficient (Wildman–Crippen LogP) is 2.05. The summed E-state index contributed by atoms with van der Waals surface area (Å²) in [5.41, 5.74) is 1.12. The Morgan fingerprint density at radius 1 is 1.26 bits per heavy atom. The van der Waals surface area contributed by atoms with Gasteiger partial charge in [0.05, 0.1) is 18.4 Å². The highest BCUT2D eigenvalue weighted by Gasteiger charge is 2.03. The highest BCUT2D eigenvalue weighted by Crippen LogP contribution is 2.16. The molecule has 0 radical (unpaired) electrons. The van der Waals surface area contributed by atoms with Crippen LogP contribution in [0, 0.1) is 11.8 Å². The van der Waals surface area contributed by atoms with Gasteiger partial charge < -0.3 is 19.8 Å². The van der Waals surface area contributed by atoms with Gasteiger partial charge in [-0.3, -0.25) is 9.59 Å². The molecule has 6 heteroatoms. The van der Waals surface area contributed by atoms with E-state index in [0.29, 0.717) is 17.0 Å². The minimum Gasteiger partial charge on any atom is -0.481 e. The molecule has 0 saturated carbocycles. The maximum atomic E-state index is 11.6. The van der Waals surface area contributed by atoms with Crippen LogP contribution in [0.4, 0.5) is 5.69 Å². The lowest BCUT2D eigenvalue weighted by Crippen LogP contribution is -2.23. The Labute approximate surface area is 133 Å². The summed E-state index contributed by atoms with van der Waals surface area (Å²) in [5.74, 6) is 5.81. The number of nitrogens with one attached hydrogen (secondary N) is 2. The van der Waals surface area contributed by atoms with Crippen molar-refractivity contribution >= 4 is 17.5 Å². The van der Waals surface area contributed by atoms with Crippen LogP contribution in [0.3, 0.4) is 0 Å². The van der Waals surface area contributed by atoms with Gasteiger partial charge in [-0.25, -0.2) is 0 Å². The first-order valence-electron chi connectivity index (χ1n) is 6.92. The van der Waals surface area contributed by atoms with Crippen LogP contribution in [-0.2, 0) is 4.79 Å². The number of benzene rings is 1. The molecule has 1 heterocycles. The average Bonchev–Trinajstić information content (AvgIpc) is 3.04. The van der Waals surface area contributed by atoms with Gasteiger partial charge in [0.1, 0.15) is 18.6 Å². The number of carbonyl (C=O) groups excluding carboxylic acids is 2. The van der Waals surface area contributed by atoms with Gasteiger partial charge >= 0.3 is 0 Å². The van der Waals surface area contributed by atoms with Crippen LogP contribution in [0.15, 0.2) is 47.3 Å². The van der Waals surface area contributed by atoms with Crippen molar-refractivity contribution < 1.29 is 18.7 Å². The Hall–Kier alpha value is -3.20. The maximum absolute atomic E-state index is 11.6. The molecule has 2 amide bonds. The van der Waals surface area contributed by atoms with Gasteiger partial charge in [0.15, 0.2) is 0 Å². The lowest BCUT2D eigenvalue weighted by atomic mass is 10.3. The molecule has 2 rings (SSSR count). The second-order valence-corrected chi connectivity index (χ2v) is 4.55. The number of furan rings is 1. The molecule has 0 aliphatic carbocycles. The zero-order valence-electron chi connectivity index (χ0n) is 12.6. The van der Waals surface area contributed by atoms with E-state index in [2.05, 4.69) is 22.5 Å². The SMILES string of the molecule is CC(=O)Nc1cccc(OCC#CCNC(=O)c2ccoc2)c1. The zero-order chi connectivity index (χ0) is 16.5. The van der Waals surface area contributed by atoms with E-state index in [1.165, 1.54) is 19.5 Å². The zero-order valence-corrected chi connectivity index (χ0v) is 12.6. The molecule has 0 fully saturated rings. The van der Waals surface area contributed by atoms with E-state index in [9.17, 15) is 9.59 Å². The highest BCUT2D eigenvalue weighted by molar-refractivity contribution is 5.93. The number of ether oxygens (including phenoxy) is 1. The lowest BCUT2D eigenvalue weighted by molar-refractivity contribution is -0.114. The van der Waals surface area contributed by atoms with E-state index in [4.69, 9.17) is 9.15 Å². The van der Waals surface area contributed by atoms with E-state index in [0.717, 1.165) is 0 Å². The van der Waals surface area contributed by atoms with Crippen molar-refractivity contribution in [2.45, 2.75) is 6.92 Å². The Balaban J connectivity index is 1.73. The predicted molar refractivity (Wildman–Crippen MR) is 85.1 cm³/mol. The Kier molecular flexibility index (Phi) is 5.83. The van der Waals surface area contributed by atoms with Crippen LogP contribution in [0.1, 0.15) is 17.3 Å². The normalized spacial score (nSPS) is 9.43. The molecule has 0 spiro atoms. The molecular weight excluding hydrogens is 296 g/mol. The summed E-state index contributed by atoms with van der Waals surface area (Å²) in [6, 6.07) is 8.61. The van der Waals surface area contributed by atoms with Crippen LogP contribution in [0.5, 0.6) is 5.75 Å². The third-order valence-electron chi connectivity index (χ3n) is 2.71. The summed E-state index contributed by atoms with van der Waals surface area (Å²) in [6.07, 6.45) is 2.80. The smallest absolute Gasteiger partial charge is 0.255 e. The molecule has 23 heavy (non-hydrogen) atoms. The molecule has 0 atom stereocenters. The summed E-state index contributed by atoms with van der Waals surface area (Å²) in [5, 5.41) is 5.31. The number of rotatable bonds is 5. The fourth-order valence-corrected chi connectivity index (χ4v) is 1.72. The first-order chi connectivity index (χ1) is 11.1. The molecule has 1 aromatic carbocycles. The monoisotopic (exact) mass is 312 g/mol. The second-order valence-electron chi connectivity index (χ2n) is 4.55. The summed E-state index contributed by atoms with van der Waals surface area (Å²) < 4.78 is 10.3. The van der Waals surface area contributed by atoms with Gasteiger partial charge in [-0.2, -0.15) is 0 Å². The van der Waals surface area contributed by atoms with Crippen molar-refractivity contribution in [1.29, 1.82) is 0 Å². The molecule has 0 unspecified atom stereocenters. The molecule has 2 aromatic rings. The lowest BCUT2D eigenvalue weighted by Gasteiger charge is -2.05. The van der Waals surface area contributed by atoms with Crippen molar-refractivity contribution in [2.24, 2.45) is 0 Å². The molecular formula is C17H16N2O4. The Morgan fingerprint density at radius 2 is 2.13 bits per heavy atom. The minimum absolute atomic E-state index is 0.143. The number of amides is 2. The quantitative estimate of drug-likeness (QED) is 0.828. The van der Waals surface area contributed by atoms with E-state index < -0.39 is 0 Å². The number of hydrogen-bond acceptors (Lipinski definition) is 4. The minimum atomic E-state index is -0.239. The topological polar surface area (TPSA) is 80.6 Å². The molecule has 0 saturated heterocycles. The number of carbonyl (C=O) groups is 2. The van der Waals surface area contributed by atoms with Crippen molar-refractivity contribution in [3.05, 3.63) is 48.4 Å². The molecule has 2 N–H and O–H groups in total.